The van der Waals surface area contributed by atoms with Crippen molar-refractivity contribution in [3.8, 4) is 0 Å². The average Bonchev–Trinajstić information content (AvgIpc) is 2.90. The predicted octanol–water partition coefficient (Wildman–Crippen LogP) is 1.10. The molecule has 1 aromatic carbocycles. The smallest absolute Gasteiger partial charge is 0.242 e. The third kappa shape index (κ3) is 4.71. The van der Waals surface area contributed by atoms with E-state index in [-0.39, 0.29) is 24.2 Å². The molecule has 2 amide bonds. The monoisotopic (exact) mass is 338 g/mol. The van der Waals surface area contributed by atoms with Crippen molar-refractivity contribution in [1.29, 1.82) is 0 Å². The number of amides is 2. The molecule has 1 heterocycles. The lowest BCUT2D eigenvalue weighted by molar-refractivity contribution is -0.129. The molecule has 23 heavy (non-hydrogen) atoms. The van der Waals surface area contributed by atoms with Gasteiger partial charge in [-0.15, -0.1) is 12.4 Å². The van der Waals surface area contributed by atoms with E-state index in [9.17, 15) is 9.59 Å². The van der Waals surface area contributed by atoms with Crippen molar-refractivity contribution < 1.29 is 9.59 Å². The molecule has 1 aromatic heterocycles. The van der Waals surface area contributed by atoms with Crippen LogP contribution in [-0.2, 0) is 16.0 Å². The molecule has 0 aliphatic carbocycles. The molecular formula is C16H23ClN4O2. The molecule has 2 rings (SSSR count). The van der Waals surface area contributed by atoms with Gasteiger partial charge in [0.05, 0.1) is 6.04 Å². The average molecular weight is 339 g/mol. The van der Waals surface area contributed by atoms with Crippen molar-refractivity contribution in [2.45, 2.75) is 32.4 Å². The predicted molar refractivity (Wildman–Crippen MR) is 93.5 cm³/mol. The maximum atomic E-state index is 12.1. The van der Waals surface area contributed by atoms with Gasteiger partial charge in [0.1, 0.15) is 6.04 Å². The Kier molecular flexibility index (Phi) is 7.06. The molecule has 0 radical (unpaired) electrons. The van der Waals surface area contributed by atoms with Gasteiger partial charge < -0.3 is 21.4 Å². The van der Waals surface area contributed by atoms with Crippen molar-refractivity contribution in [2.24, 2.45) is 5.73 Å². The number of likely N-dealkylation sites (N-methyl/N-ethyl adjacent to an activating group) is 1. The van der Waals surface area contributed by atoms with Crippen LogP contribution in [0.3, 0.4) is 0 Å². The molecule has 0 saturated carbocycles. The molecular weight excluding hydrogens is 316 g/mol. The van der Waals surface area contributed by atoms with Crippen LogP contribution in [0, 0.1) is 0 Å². The molecule has 0 aliphatic heterocycles. The minimum absolute atomic E-state index is 0. The first-order valence-corrected chi connectivity index (χ1v) is 7.41. The summed E-state index contributed by atoms with van der Waals surface area (Å²) in [4.78, 5) is 26.9. The summed E-state index contributed by atoms with van der Waals surface area (Å²) in [6.07, 6.45) is 2.28. The van der Waals surface area contributed by atoms with Gasteiger partial charge in [-0.3, -0.25) is 9.59 Å². The van der Waals surface area contributed by atoms with Crippen LogP contribution in [-0.4, -0.2) is 35.4 Å². The van der Waals surface area contributed by atoms with Crippen LogP contribution in [0.25, 0.3) is 10.9 Å². The summed E-state index contributed by atoms with van der Waals surface area (Å²) in [5.74, 6) is -0.542. The molecule has 2 atom stereocenters. The zero-order valence-corrected chi connectivity index (χ0v) is 14.1. The topological polar surface area (TPSA) is 100 Å². The highest BCUT2D eigenvalue weighted by Gasteiger charge is 2.20. The minimum atomic E-state index is -0.698. The number of nitrogens with two attached hydrogens (primary N) is 1. The van der Waals surface area contributed by atoms with Crippen LogP contribution in [0.2, 0.25) is 0 Å². The van der Waals surface area contributed by atoms with E-state index in [2.05, 4.69) is 15.6 Å². The van der Waals surface area contributed by atoms with Gasteiger partial charge in [-0.25, -0.2) is 0 Å². The Balaban J connectivity index is 0.00000264. The van der Waals surface area contributed by atoms with E-state index in [0.717, 1.165) is 16.5 Å². The number of aromatic amines is 1. The van der Waals surface area contributed by atoms with Crippen molar-refractivity contribution in [3.63, 3.8) is 0 Å². The fourth-order valence-corrected chi connectivity index (χ4v) is 2.34. The van der Waals surface area contributed by atoms with Gasteiger partial charge in [0, 0.05) is 23.6 Å². The second-order valence-corrected chi connectivity index (χ2v) is 5.29. The lowest BCUT2D eigenvalue weighted by atomic mass is 10.0. The van der Waals surface area contributed by atoms with Crippen LogP contribution in [0.5, 0.6) is 0 Å². The lowest BCUT2D eigenvalue weighted by Gasteiger charge is -2.16. The van der Waals surface area contributed by atoms with E-state index in [1.807, 2.05) is 37.4 Å². The Morgan fingerprint density at radius 3 is 2.65 bits per heavy atom. The first-order valence-electron chi connectivity index (χ1n) is 7.41. The van der Waals surface area contributed by atoms with E-state index in [1.165, 1.54) is 0 Å². The van der Waals surface area contributed by atoms with E-state index >= 15 is 0 Å². The standard InChI is InChI=1S/C16H22N4O2.ClH/c1-3-18-15(21)10(2)20-16(22)13(17)8-11-9-19-14-7-5-4-6-12(11)14;/h4-7,9-10,13,19H,3,8,17H2,1-2H3,(H,18,21)(H,20,22);1H/t10?,13-;/m0./s1. The first-order chi connectivity index (χ1) is 10.5. The maximum absolute atomic E-state index is 12.1. The third-order valence-corrected chi connectivity index (χ3v) is 3.55. The number of fused-ring (bicyclic) bond motifs is 1. The third-order valence-electron chi connectivity index (χ3n) is 3.55. The zero-order valence-electron chi connectivity index (χ0n) is 13.3. The fraction of sp³-hybridized carbons (Fsp3) is 0.375. The normalized spacial score (nSPS) is 13.0. The SMILES string of the molecule is CCNC(=O)C(C)NC(=O)[C@@H](N)Cc1c[nH]c2ccccc12.Cl. The molecule has 126 valence electrons. The van der Waals surface area contributed by atoms with Gasteiger partial charge in [0.15, 0.2) is 0 Å². The highest BCUT2D eigenvalue weighted by Crippen LogP contribution is 2.18. The van der Waals surface area contributed by atoms with Gasteiger partial charge in [0.2, 0.25) is 11.8 Å². The summed E-state index contributed by atoms with van der Waals surface area (Å²) in [5.41, 5.74) is 7.97. The number of para-hydroxylation sites is 1. The Hall–Kier alpha value is -2.05. The Labute approximate surface area is 141 Å². The second kappa shape index (κ2) is 8.55. The molecule has 0 saturated heterocycles. The Morgan fingerprint density at radius 2 is 1.96 bits per heavy atom. The highest BCUT2D eigenvalue weighted by molar-refractivity contribution is 5.90. The number of aromatic nitrogens is 1. The van der Waals surface area contributed by atoms with Crippen LogP contribution in [0.4, 0.5) is 0 Å². The lowest BCUT2D eigenvalue weighted by Crippen LogP contribution is -2.50. The number of carbonyl (C=O) groups is 2. The van der Waals surface area contributed by atoms with Crippen LogP contribution in [0.15, 0.2) is 30.5 Å². The van der Waals surface area contributed by atoms with Crippen molar-refractivity contribution in [3.05, 3.63) is 36.0 Å². The Morgan fingerprint density at radius 1 is 1.26 bits per heavy atom. The number of hydrogen-bond acceptors (Lipinski definition) is 3. The first kappa shape index (κ1) is 19.0. The number of benzene rings is 1. The number of rotatable bonds is 6. The number of carbonyl (C=O) groups excluding carboxylic acids is 2. The quantitative estimate of drug-likeness (QED) is 0.634. The summed E-state index contributed by atoms with van der Waals surface area (Å²) >= 11 is 0. The largest absolute Gasteiger partial charge is 0.361 e. The molecule has 1 unspecified atom stereocenters. The van der Waals surface area contributed by atoms with Crippen molar-refractivity contribution in [2.75, 3.05) is 6.54 Å². The molecule has 0 spiro atoms. The molecule has 0 fully saturated rings. The minimum Gasteiger partial charge on any atom is -0.361 e. The summed E-state index contributed by atoms with van der Waals surface area (Å²) in [5, 5.41) is 6.36. The van der Waals surface area contributed by atoms with Crippen LogP contribution < -0.4 is 16.4 Å². The molecule has 5 N–H and O–H groups in total. The molecule has 2 aromatic rings. The summed E-state index contributed by atoms with van der Waals surface area (Å²) in [6.45, 7) is 4.00. The van der Waals surface area contributed by atoms with E-state index in [1.54, 1.807) is 6.92 Å². The number of halogens is 1. The fourth-order valence-electron chi connectivity index (χ4n) is 2.34. The van der Waals surface area contributed by atoms with Gasteiger partial charge >= 0.3 is 0 Å². The van der Waals surface area contributed by atoms with Crippen molar-refractivity contribution >= 4 is 35.1 Å². The van der Waals surface area contributed by atoms with Crippen molar-refractivity contribution in [1.82, 2.24) is 15.6 Å². The van der Waals surface area contributed by atoms with Crippen LogP contribution in [0.1, 0.15) is 19.4 Å². The zero-order chi connectivity index (χ0) is 16.1. The van der Waals surface area contributed by atoms with E-state index in [0.29, 0.717) is 13.0 Å². The van der Waals surface area contributed by atoms with Gasteiger partial charge in [-0.05, 0) is 31.9 Å². The highest BCUT2D eigenvalue weighted by atomic mass is 35.5. The molecule has 7 heteroatoms. The second-order valence-electron chi connectivity index (χ2n) is 5.29. The van der Waals surface area contributed by atoms with E-state index in [4.69, 9.17) is 5.73 Å². The molecule has 6 nitrogen and oxygen atoms in total. The summed E-state index contributed by atoms with van der Waals surface area (Å²) in [6, 6.07) is 6.56. The molecule has 0 bridgehead atoms. The van der Waals surface area contributed by atoms with E-state index < -0.39 is 12.1 Å². The van der Waals surface area contributed by atoms with Crippen LogP contribution >= 0.6 is 12.4 Å². The van der Waals surface area contributed by atoms with Gasteiger partial charge in [-0.1, -0.05) is 18.2 Å². The van der Waals surface area contributed by atoms with Gasteiger partial charge in [0.25, 0.3) is 0 Å². The number of H-pyrrole nitrogens is 1. The summed E-state index contributed by atoms with van der Waals surface area (Å²) in [7, 11) is 0. The van der Waals surface area contributed by atoms with Gasteiger partial charge in [-0.2, -0.15) is 0 Å². The number of nitrogens with one attached hydrogen (secondary N) is 3. The number of hydrogen-bond donors (Lipinski definition) is 4. The molecule has 0 aliphatic rings. The maximum Gasteiger partial charge on any atom is 0.242 e. The Bertz CT molecular complexity index is 671. The summed E-state index contributed by atoms with van der Waals surface area (Å²) < 4.78 is 0.